The number of anilines is 1. The Morgan fingerprint density at radius 1 is 1.00 bits per heavy atom. The lowest BCUT2D eigenvalue weighted by Crippen LogP contribution is -2.13. The fraction of sp³-hybridized carbons (Fsp3) is 0.0714. The summed E-state index contributed by atoms with van der Waals surface area (Å²) in [4.78, 5) is 12.2. The molecule has 104 valence electrons. The first-order valence-corrected chi connectivity index (χ1v) is 5.60. The smallest absolute Gasteiger partial charge is 0.418 e. The van der Waals surface area contributed by atoms with Gasteiger partial charge in [0.1, 0.15) is 5.75 Å². The molecule has 3 nitrogen and oxygen atoms in total. The summed E-state index contributed by atoms with van der Waals surface area (Å²) >= 11 is 0. The Balaban J connectivity index is 2.55. The zero-order valence-corrected chi connectivity index (χ0v) is 10.1. The van der Waals surface area contributed by atoms with Crippen LogP contribution in [0.5, 0.6) is 5.75 Å². The van der Waals surface area contributed by atoms with Gasteiger partial charge in [0.2, 0.25) is 0 Å². The highest BCUT2D eigenvalue weighted by Gasteiger charge is 2.34. The van der Waals surface area contributed by atoms with Gasteiger partial charge in [0.15, 0.2) is 5.78 Å². The molecule has 0 radical (unpaired) electrons. The highest BCUT2D eigenvalue weighted by molar-refractivity contribution is 6.13. The Morgan fingerprint density at radius 3 is 2.20 bits per heavy atom. The predicted octanol–water partition coefficient (Wildman–Crippen LogP) is 3.22. The van der Waals surface area contributed by atoms with Crippen molar-refractivity contribution in [2.24, 2.45) is 0 Å². The van der Waals surface area contributed by atoms with Crippen molar-refractivity contribution in [1.82, 2.24) is 0 Å². The van der Waals surface area contributed by atoms with Gasteiger partial charge in [0, 0.05) is 5.56 Å². The number of ketones is 1. The minimum atomic E-state index is -4.64. The van der Waals surface area contributed by atoms with Crippen molar-refractivity contribution in [1.29, 1.82) is 0 Å². The summed E-state index contributed by atoms with van der Waals surface area (Å²) in [6.07, 6.45) is -4.64. The lowest BCUT2D eigenvalue weighted by atomic mass is 9.98. The third-order valence-corrected chi connectivity index (χ3v) is 2.80. The van der Waals surface area contributed by atoms with E-state index in [0.29, 0.717) is 0 Å². The highest BCUT2D eigenvalue weighted by atomic mass is 19.4. The largest absolute Gasteiger partial charge is 0.507 e. The van der Waals surface area contributed by atoms with Crippen molar-refractivity contribution in [3.63, 3.8) is 0 Å². The topological polar surface area (TPSA) is 63.3 Å². The molecule has 0 aliphatic heterocycles. The summed E-state index contributed by atoms with van der Waals surface area (Å²) in [5.74, 6) is -1.07. The maximum absolute atomic E-state index is 12.7. The molecule has 0 aliphatic carbocycles. The van der Waals surface area contributed by atoms with Crippen LogP contribution in [0.3, 0.4) is 0 Å². The number of aromatic hydroxyl groups is 1. The molecule has 0 saturated carbocycles. The lowest BCUT2D eigenvalue weighted by Gasteiger charge is -2.13. The average molecular weight is 281 g/mol. The Hall–Kier alpha value is -2.50. The summed E-state index contributed by atoms with van der Waals surface area (Å²) < 4.78 is 38.2. The predicted molar refractivity (Wildman–Crippen MR) is 67.4 cm³/mol. The van der Waals surface area contributed by atoms with E-state index in [2.05, 4.69) is 0 Å². The normalized spacial score (nSPS) is 11.3. The van der Waals surface area contributed by atoms with E-state index >= 15 is 0 Å². The van der Waals surface area contributed by atoms with Crippen LogP contribution < -0.4 is 5.73 Å². The number of nitrogens with two attached hydrogens (primary N) is 1. The van der Waals surface area contributed by atoms with Crippen LogP contribution in [0.25, 0.3) is 0 Å². The summed E-state index contributed by atoms with van der Waals surface area (Å²) in [5.41, 5.74) is 3.33. The number of alkyl halides is 3. The SMILES string of the molecule is Nc1c(C(=O)c2ccccc2O)cccc1C(F)(F)F. The Kier molecular flexibility index (Phi) is 3.40. The van der Waals surface area contributed by atoms with Gasteiger partial charge < -0.3 is 10.8 Å². The second kappa shape index (κ2) is 4.88. The van der Waals surface area contributed by atoms with Crippen LogP contribution in [0, 0.1) is 0 Å². The number of para-hydroxylation sites is 2. The first kappa shape index (κ1) is 13.9. The van der Waals surface area contributed by atoms with Gasteiger partial charge in [-0.1, -0.05) is 18.2 Å². The molecule has 0 bridgehead atoms. The van der Waals surface area contributed by atoms with Crippen LogP contribution in [0.2, 0.25) is 0 Å². The van der Waals surface area contributed by atoms with E-state index in [1.54, 1.807) is 0 Å². The van der Waals surface area contributed by atoms with E-state index in [-0.39, 0.29) is 16.9 Å². The van der Waals surface area contributed by atoms with Gasteiger partial charge in [-0.2, -0.15) is 13.2 Å². The summed E-state index contributed by atoms with van der Waals surface area (Å²) in [7, 11) is 0. The second-order valence-electron chi connectivity index (χ2n) is 4.11. The molecule has 0 aromatic heterocycles. The Bertz CT molecular complexity index is 666. The van der Waals surface area contributed by atoms with Gasteiger partial charge in [-0.05, 0) is 24.3 Å². The number of hydrogen-bond donors (Lipinski definition) is 2. The van der Waals surface area contributed by atoms with Gasteiger partial charge in [0.25, 0.3) is 0 Å². The van der Waals surface area contributed by atoms with E-state index < -0.39 is 23.2 Å². The quantitative estimate of drug-likeness (QED) is 0.656. The molecule has 20 heavy (non-hydrogen) atoms. The first-order chi connectivity index (χ1) is 9.32. The fourth-order valence-electron chi connectivity index (χ4n) is 1.82. The van der Waals surface area contributed by atoms with Crippen LogP contribution >= 0.6 is 0 Å². The number of carbonyl (C=O) groups is 1. The molecule has 0 atom stereocenters. The maximum atomic E-state index is 12.7. The van der Waals surface area contributed by atoms with E-state index in [0.717, 1.165) is 12.1 Å². The van der Waals surface area contributed by atoms with Crippen LogP contribution in [-0.2, 0) is 6.18 Å². The van der Waals surface area contributed by atoms with Crippen molar-refractivity contribution >= 4 is 11.5 Å². The molecular formula is C14H10F3NO2. The molecule has 2 aromatic carbocycles. The molecule has 0 aliphatic rings. The lowest BCUT2D eigenvalue weighted by molar-refractivity contribution is -0.136. The summed E-state index contributed by atoms with van der Waals surface area (Å²) in [5, 5.41) is 9.58. The zero-order chi connectivity index (χ0) is 14.9. The van der Waals surface area contributed by atoms with E-state index in [1.807, 2.05) is 0 Å². The molecule has 2 aromatic rings. The molecule has 6 heteroatoms. The second-order valence-corrected chi connectivity index (χ2v) is 4.11. The minimum Gasteiger partial charge on any atom is -0.507 e. The van der Waals surface area contributed by atoms with Gasteiger partial charge in [-0.3, -0.25) is 4.79 Å². The summed E-state index contributed by atoms with van der Waals surface area (Å²) in [6.45, 7) is 0. The van der Waals surface area contributed by atoms with E-state index in [4.69, 9.17) is 5.73 Å². The number of nitrogen functional groups attached to an aromatic ring is 1. The maximum Gasteiger partial charge on any atom is 0.418 e. The number of benzene rings is 2. The van der Waals surface area contributed by atoms with Crippen LogP contribution in [0.15, 0.2) is 42.5 Å². The van der Waals surface area contributed by atoms with Gasteiger partial charge >= 0.3 is 6.18 Å². The molecule has 0 fully saturated rings. The molecular weight excluding hydrogens is 271 g/mol. The van der Waals surface area contributed by atoms with Gasteiger partial charge in [0.05, 0.1) is 16.8 Å². The molecule has 0 heterocycles. The van der Waals surface area contributed by atoms with Crippen molar-refractivity contribution in [2.45, 2.75) is 6.18 Å². The average Bonchev–Trinajstić information content (AvgIpc) is 2.37. The monoisotopic (exact) mass is 281 g/mol. The third kappa shape index (κ3) is 2.45. The Labute approximate surface area is 112 Å². The fourth-order valence-corrected chi connectivity index (χ4v) is 1.82. The first-order valence-electron chi connectivity index (χ1n) is 5.60. The van der Waals surface area contributed by atoms with Crippen molar-refractivity contribution in [3.05, 3.63) is 59.2 Å². The zero-order valence-electron chi connectivity index (χ0n) is 10.1. The van der Waals surface area contributed by atoms with Gasteiger partial charge in [-0.25, -0.2) is 0 Å². The van der Waals surface area contributed by atoms with E-state index in [9.17, 15) is 23.1 Å². The Morgan fingerprint density at radius 2 is 1.60 bits per heavy atom. The highest BCUT2D eigenvalue weighted by Crippen LogP contribution is 2.36. The number of rotatable bonds is 2. The molecule has 0 amide bonds. The number of hydrogen-bond acceptors (Lipinski definition) is 3. The van der Waals surface area contributed by atoms with Crippen molar-refractivity contribution < 1.29 is 23.1 Å². The van der Waals surface area contributed by atoms with Crippen molar-refractivity contribution in [3.8, 4) is 5.75 Å². The summed E-state index contributed by atoms with van der Waals surface area (Å²) in [6, 6.07) is 8.69. The third-order valence-electron chi connectivity index (χ3n) is 2.80. The molecule has 2 rings (SSSR count). The number of phenolic OH excluding ortho intramolecular Hbond substituents is 1. The standard InChI is InChI=1S/C14H10F3NO2/c15-14(16,17)10-6-3-5-9(12(10)18)13(20)8-4-1-2-7-11(8)19/h1-7,19H,18H2. The number of halogens is 3. The molecule has 0 unspecified atom stereocenters. The minimum absolute atomic E-state index is 0.0986. The molecule has 3 N–H and O–H groups in total. The number of phenols is 1. The van der Waals surface area contributed by atoms with Crippen LogP contribution in [0.1, 0.15) is 21.5 Å². The molecule has 0 spiro atoms. The van der Waals surface area contributed by atoms with Crippen LogP contribution in [-0.4, -0.2) is 10.9 Å². The van der Waals surface area contributed by atoms with Crippen molar-refractivity contribution in [2.75, 3.05) is 5.73 Å². The van der Waals surface area contributed by atoms with E-state index in [1.165, 1.54) is 30.3 Å². The molecule has 0 saturated heterocycles. The van der Waals surface area contributed by atoms with Crippen LogP contribution in [0.4, 0.5) is 18.9 Å². The van der Waals surface area contributed by atoms with Gasteiger partial charge in [-0.15, -0.1) is 0 Å². The number of carbonyl (C=O) groups excluding carboxylic acids is 1.